The summed E-state index contributed by atoms with van der Waals surface area (Å²) in [5.41, 5.74) is 8.61. The summed E-state index contributed by atoms with van der Waals surface area (Å²) in [7, 11) is 0. The number of carbonyl (C=O) groups excluding carboxylic acids is 2. The van der Waals surface area contributed by atoms with Crippen molar-refractivity contribution in [2.45, 2.75) is 52.1 Å². The largest absolute Gasteiger partial charge is 0.474 e. The maximum atomic E-state index is 13.2. The van der Waals surface area contributed by atoms with Gasteiger partial charge in [0.1, 0.15) is 11.9 Å². The van der Waals surface area contributed by atoms with E-state index in [1.807, 2.05) is 61.5 Å². The molecule has 40 heavy (non-hydrogen) atoms. The Labute approximate surface area is 233 Å². The number of benzene rings is 2. The fourth-order valence-corrected chi connectivity index (χ4v) is 4.70. The highest BCUT2D eigenvalue weighted by atomic mass is 16.5. The van der Waals surface area contributed by atoms with Gasteiger partial charge in [0.2, 0.25) is 5.88 Å². The van der Waals surface area contributed by atoms with E-state index in [2.05, 4.69) is 36.4 Å². The van der Waals surface area contributed by atoms with E-state index in [9.17, 15) is 9.59 Å². The molecule has 1 fully saturated rings. The Kier molecular flexibility index (Phi) is 7.34. The zero-order chi connectivity index (χ0) is 28.4. The Morgan fingerprint density at radius 3 is 2.33 bits per heavy atom. The quantitative estimate of drug-likeness (QED) is 0.303. The van der Waals surface area contributed by atoms with Crippen molar-refractivity contribution in [2.24, 2.45) is 5.73 Å². The zero-order valence-electron chi connectivity index (χ0n) is 23.3. The highest BCUT2D eigenvalue weighted by Crippen LogP contribution is 2.32. The van der Waals surface area contributed by atoms with Crippen LogP contribution in [0.25, 0.3) is 16.5 Å². The van der Waals surface area contributed by atoms with Gasteiger partial charge in [-0.05, 0) is 25.1 Å². The molecule has 0 aliphatic carbocycles. The summed E-state index contributed by atoms with van der Waals surface area (Å²) in [5, 5.41) is 12.3. The number of hydrogen-bond acceptors (Lipinski definition) is 5. The van der Waals surface area contributed by atoms with Crippen molar-refractivity contribution in [3.05, 3.63) is 72.1 Å². The van der Waals surface area contributed by atoms with Crippen molar-refractivity contribution >= 4 is 34.3 Å². The number of rotatable bonds is 5. The lowest BCUT2D eigenvalue weighted by molar-refractivity contribution is 0.112. The van der Waals surface area contributed by atoms with Crippen LogP contribution in [0.5, 0.6) is 5.88 Å². The SMILES string of the molecule is Cc1ccc(-n2nc(C(C)(C)C)cc2NC(=O)Nc2cnc(OC3CCN(C(N)=O)CC3)c3ccccc23)cc1. The van der Waals surface area contributed by atoms with Crippen LogP contribution in [0.4, 0.5) is 21.1 Å². The molecule has 4 amide bonds. The first-order chi connectivity index (χ1) is 19.1. The third-order valence-corrected chi connectivity index (χ3v) is 7.04. The average molecular weight is 542 g/mol. The number of urea groups is 2. The number of nitrogens with zero attached hydrogens (tertiary/aromatic N) is 4. The molecule has 208 valence electrons. The van der Waals surface area contributed by atoms with Crippen LogP contribution in [0.15, 0.2) is 60.8 Å². The predicted octanol–water partition coefficient (Wildman–Crippen LogP) is 5.59. The number of hydrogen-bond donors (Lipinski definition) is 3. The number of nitrogens with one attached hydrogen (secondary N) is 2. The van der Waals surface area contributed by atoms with Gasteiger partial charge in [0.15, 0.2) is 0 Å². The van der Waals surface area contributed by atoms with Gasteiger partial charge in [0.05, 0.1) is 23.3 Å². The van der Waals surface area contributed by atoms with Crippen molar-refractivity contribution < 1.29 is 14.3 Å². The van der Waals surface area contributed by atoms with Crippen LogP contribution >= 0.6 is 0 Å². The second-order valence-corrected chi connectivity index (χ2v) is 11.2. The summed E-state index contributed by atoms with van der Waals surface area (Å²) in [6.07, 6.45) is 2.87. The maximum Gasteiger partial charge on any atom is 0.324 e. The molecule has 1 aliphatic heterocycles. The molecular weight excluding hydrogens is 506 g/mol. The highest BCUT2D eigenvalue weighted by Gasteiger charge is 2.24. The summed E-state index contributed by atoms with van der Waals surface area (Å²) in [5.74, 6) is 1.05. The number of anilines is 2. The minimum Gasteiger partial charge on any atom is -0.474 e. The maximum absolute atomic E-state index is 13.2. The molecule has 0 unspecified atom stereocenters. The number of piperidine rings is 1. The summed E-state index contributed by atoms with van der Waals surface area (Å²) in [6.45, 7) is 9.38. The van der Waals surface area contributed by atoms with Crippen LogP contribution in [0.2, 0.25) is 0 Å². The average Bonchev–Trinajstić information content (AvgIpc) is 3.35. The number of primary amides is 1. The smallest absolute Gasteiger partial charge is 0.324 e. The molecule has 0 bridgehead atoms. The second kappa shape index (κ2) is 10.9. The lowest BCUT2D eigenvalue weighted by atomic mass is 9.92. The fraction of sp³-hybridized carbons (Fsp3) is 0.333. The first-order valence-electron chi connectivity index (χ1n) is 13.4. The van der Waals surface area contributed by atoms with Crippen LogP contribution in [0.3, 0.4) is 0 Å². The van der Waals surface area contributed by atoms with Crippen molar-refractivity contribution in [2.75, 3.05) is 23.7 Å². The van der Waals surface area contributed by atoms with E-state index < -0.39 is 12.1 Å². The topological polar surface area (TPSA) is 127 Å². The zero-order valence-corrected chi connectivity index (χ0v) is 23.3. The van der Waals surface area contributed by atoms with Crippen LogP contribution in [-0.4, -0.2) is 50.9 Å². The Hall–Kier alpha value is -4.60. The molecule has 0 saturated carbocycles. The predicted molar refractivity (Wildman–Crippen MR) is 156 cm³/mol. The van der Waals surface area contributed by atoms with E-state index in [0.717, 1.165) is 27.7 Å². The van der Waals surface area contributed by atoms with Crippen LogP contribution < -0.4 is 21.1 Å². The van der Waals surface area contributed by atoms with E-state index in [4.69, 9.17) is 15.6 Å². The van der Waals surface area contributed by atoms with E-state index >= 15 is 0 Å². The molecule has 0 atom stereocenters. The van der Waals surface area contributed by atoms with Gasteiger partial charge < -0.3 is 20.7 Å². The summed E-state index contributed by atoms with van der Waals surface area (Å²) in [6, 6.07) is 16.7. The van der Waals surface area contributed by atoms with Gasteiger partial charge in [0.25, 0.3) is 0 Å². The molecule has 10 nitrogen and oxygen atoms in total. The number of likely N-dealkylation sites (tertiary alicyclic amines) is 1. The van der Waals surface area contributed by atoms with Gasteiger partial charge in [-0.1, -0.05) is 56.7 Å². The molecule has 3 heterocycles. The van der Waals surface area contributed by atoms with Gasteiger partial charge in [-0.2, -0.15) is 5.10 Å². The number of pyridine rings is 1. The first-order valence-corrected chi connectivity index (χ1v) is 13.4. The Bertz CT molecular complexity index is 1530. The lowest BCUT2D eigenvalue weighted by Gasteiger charge is -2.30. The molecule has 10 heteroatoms. The molecule has 1 saturated heterocycles. The Balaban J connectivity index is 1.36. The molecule has 2 aromatic carbocycles. The number of aromatic nitrogens is 3. The minimum atomic E-state index is -0.410. The number of nitrogens with two attached hydrogens (primary N) is 1. The van der Waals surface area contributed by atoms with Crippen molar-refractivity contribution in [3.8, 4) is 11.6 Å². The summed E-state index contributed by atoms with van der Waals surface area (Å²) < 4.78 is 7.98. The number of ether oxygens (including phenoxy) is 1. The Morgan fingerprint density at radius 2 is 1.68 bits per heavy atom. The second-order valence-electron chi connectivity index (χ2n) is 11.2. The molecule has 0 radical (unpaired) electrons. The standard InChI is InChI=1S/C30H35N7O3/c1-19-9-11-20(12-10-19)37-26(17-25(35-37)30(2,3)4)34-29(39)33-24-18-32-27(23-8-6-5-7-22(23)24)40-21-13-15-36(16-14-21)28(31)38/h5-12,17-18,21H,13-16H2,1-4H3,(H2,31,38)(H2,33,34,39). The van der Waals surface area contributed by atoms with E-state index in [1.165, 1.54) is 0 Å². The lowest BCUT2D eigenvalue weighted by Crippen LogP contribution is -2.44. The van der Waals surface area contributed by atoms with E-state index in [1.54, 1.807) is 15.8 Å². The minimum absolute atomic E-state index is 0.0762. The molecule has 4 N–H and O–H groups in total. The number of carbonyl (C=O) groups is 2. The summed E-state index contributed by atoms with van der Waals surface area (Å²) >= 11 is 0. The summed E-state index contributed by atoms with van der Waals surface area (Å²) in [4.78, 5) is 30.8. The fourth-order valence-electron chi connectivity index (χ4n) is 4.70. The van der Waals surface area contributed by atoms with Gasteiger partial charge in [0, 0.05) is 48.2 Å². The monoisotopic (exact) mass is 541 g/mol. The molecular formula is C30H35N7O3. The van der Waals surface area contributed by atoms with Crippen molar-refractivity contribution in [1.82, 2.24) is 19.7 Å². The molecule has 2 aromatic heterocycles. The van der Waals surface area contributed by atoms with Gasteiger partial charge in [-0.3, -0.25) is 5.32 Å². The van der Waals surface area contributed by atoms with Crippen LogP contribution in [0.1, 0.15) is 44.9 Å². The van der Waals surface area contributed by atoms with E-state index in [0.29, 0.717) is 43.3 Å². The normalized spacial score (nSPS) is 14.2. The molecule has 5 rings (SSSR count). The van der Waals surface area contributed by atoms with Gasteiger partial charge in [-0.25, -0.2) is 19.3 Å². The van der Waals surface area contributed by atoms with Gasteiger partial charge >= 0.3 is 12.1 Å². The van der Waals surface area contributed by atoms with Crippen LogP contribution in [-0.2, 0) is 5.41 Å². The number of aryl methyl sites for hydroxylation is 1. The van der Waals surface area contributed by atoms with Crippen molar-refractivity contribution in [3.63, 3.8) is 0 Å². The first kappa shape index (κ1) is 27.0. The third-order valence-electron chi connectivity index (χ3n) is 7.04. The van der Waals surface area contributed by atoms with Crippen LogP contribution in [0, 0.1) is 6.92 Å². The highest BCUT2D eigenvalue weighted by molar-refractivity contribution is 6.06. The van der Waals surface area contributed by atoms with E-state index in [-0.39, 0.29) is 11.5 Å². The molecule has 0 spiro atoms. The molecule has 4 aromatic rings. The number of amides is 4. The Morgan fingerprint density at radius 1 is 1.00 bits per heavy atom. The number of fused-ring (bicyclic) bond motifs is 1. The third kappa shape index (κ3) is 5.85. The van der Waals surface area contributed by atoms with Crippen molar-refractivity contribution in [1.29, 1.82) is 0 Å². The van der Waals surface area contributed by atoms with Gasteiger partial charge in [-0.15, -0.1) is 0 Å². The molecule has 1 aliphatic rings.